The van der Waals surface area contributed by atoms with Crippen molar-refractivity contribution in [3.05, 3.63) is 0 Å². The number of aliphatic hydroxyl groups is 1. The molecular weight excluding hydrogens is 216 g/mol. The smallest absolute Gasteiger partial charge is 0.305 e. The molecule has 0 unspecified atom stereocenters. The lowest BCUT2D eigenvalue weighted by Crippen LogP contribution is -2.32. The van der Waals surface area contributed by atoms with Crippen LogP contribution in [0, 0.1) is 0 Å². The Balaban J connectivity index is 2.11. The lowest BCUT2D eigenvalue weighted by molar-refractivity contribution is -0.233. The molecule has 0 aromatic carbocycles. The predicted molar refractivity (Wildman–Crippen MR) is 51.3 cm³/mol. The SMILES string of the molecule is CC(=O)O[C@@H]1O[C@H](CO)[C@H]2OC(C)(C)O[C@@H]12. The molecule has 16 heavy (non-hydrogen) atoms. The topological polar surface area (TPSA) is 74.2 Å². The first-order valence-corrected chi connectivity index (χ1v) is 5.22. The molecule has 2 aliphatic rings. The van der Waals surface area contributed by atoms with Crippen LogP contribution < -0.4 is 0 Å². The summed E-state index contributed by atoms with van der Waals surface area (Å²) in [6.07, 6.45) is -2.20. The van der Waals surface area contributed by atoms with E-state index in [9.17, 15) is 4.79 Å². The zero-order valence-corrected chi connectivity index (χ0v) is 9.50. The summed E-state index contributed by atoms with van der Waals surface area (Å²) < 4.78 is 21.5. The van der Waals surface area contributed by atoms with Crippen molar-refractivity contribution in [2.45, 2.75) is 51.2 Å². The van der Waals surface area contributed by atoms with Gasteiger partial charge in [-0.2, -0.15) is 0 Å². The van der Waals surface area contributed by atoms with Crippen LogP contribution in [-0.4, -0.2) is 48.1 Å². The fourth-order valence-corrected chi connectivity index (χ4v) is 2.05. The summed E-state index contributed by atoms with van der Waals surface area (Å²) in [4.78, 5) is 10.9. The molecule has 2 aliphatic heterocycles. The van der Waals surface area contributed by atoms with Crippen LogP contribution in [0.3, 0.4) is 0 Å². The fourth-order valence-electron chi connectivity index (χ4n) is 2.05. The first kappa shape index (κ1) is 11.8. The highest BCUT2D eigenvalue weighted by Gasteiger charge is 2.56. The van der Waals surface area contributed by atoms with Crippen molar-refractivity contribution in [1.82, 2.24) is 0 Å². The van der Waals surface area contributed by atoms with Crippen molar-refractivity contribution in [1.29, 1.82) is 0 Å². The Bertz CT molecular complexity index is 289. The number of ether oxygens (including phenoxy) is 4. The zero-order chi connectivity index (χ0) is 11.9. The molecule has 92 valence electrons. The summed E-state index contributed by atoms with van der Waals surface area (Å²) in [6, 6.07) is 0. The van der Waals surface area contributed by atoms with E-state index in [-0.39, 0.29) is 6.61 Å². The number of hydrogen-bond donors (Lipinski definition) is 1. The van der Waals surface area contributed by atoms with E-state index in [2.05, 4.69) is 0 Å². The van der Waals surface area contributed by atoms with Gasteiger partial charge in [-0.05, 0) is 13.8 Å². The second-order valence-corrected chi connectivity index (χ2v) is 4.40. The van der Waals surface area contributed by atoms with Crippen molar-refractivity contribution in [3.63, 3.8) is 0 Å². The van der Waals surface area contributed by atoms with Gasteiger partial charge in [-0.1, -0.05) is 0 Å². The molecule has 2 saturated heterocycles. The Morgan fingerprint density at radius 2 is 2.00 bits per heavy atom. The van der Waals surface area contributed by atoms with Gasteiger partial charge >= 0.3 is 5.97 Å². The summed E-state index contributed by atoms with van der Waals surface area (Å²) in [7, 11) is 0. The lowest BCUT2D eigenvalue weighted by Gasteiger charge is -2.23. The van der Waals surface area contributed by atoms with Gasteiger partial charge in [0, 0.05) is 6.92 Å². The molecule has 2 heterocycles. The van der Waals surface area contributed by atoms with Gasteiger partial charge in [0.25, 0.3) is 0 Å². The molecule has 0 saturated carbocycles. The average Bonchev–Trinajstić information content (AvgIpc) is 2.60. The Labute approximate surface area is 93.4 Å². The van der Waals surface area contributed by atoms with Gasteiger partial charge < -0.3 is 24.1 Å². The Morgan fingerprint density at radius 1 is 1.38 bits per heavy atom. The average molecular weight is 232 g/mol. The van der Waals surface area contributed by atoms with E-state index in [4.69, 9.17) is 24.1 Å². The van der Waals surface area contributed by atoms with Crippen molar-refractivity contribution < 1.29 is 28.8 Å². The Hall–Kier alpha value is -0.690. The van der Waals surface area contributed by atoms with Crippen LogP contribution in [0.25, 0.3) is 0 Å². The normalized spacial score (nSPS) is 40.8. The Morgan fingerprint density at radius 3 is 2.56 bits per heavy atom. The van der Waals surface area contributed by atoms with Gasteiger partial charge in [-0.15, -0.1) is 0 Å². The van der Waals surface area contributed by atoms with Gasteiger partial charge in [-0.25, -0.2) is 0 Å². The van der Waals surface area contributed by atoms with E-state index >= 15 is 0 Å². The summed E-state index contributed by atoms with van der Waals surface area (Å²) in [5.74, 6) is -1.19. The summed E-state index contributed by atoms with van der Waals surface area (Å²) in [6.45, 7) is 4.64. The maximum absolute atomic E-state index is 10.9. The first-order chi connectivity index (χ1) is 7.43. The quantitative estimate of drug-likeness (QED) is 0.664. The molecular formula is C10H16O6. The standard InChI is InChI=1S/C10H16O6/c1-5(12)13-9-8-7(6(4-11)14-9)15-10(2,3)16-8/h6-9,11H,4H2,1-3H3/t6-,7-,8-,9-/m1/s1. The van der Waals surface area contributed by atoms with Gasteiger partial charge in [0.2, 0.25) is 6.29 Å². The summed E-state index contributed by atoms with van der Waals surface area (Å²) in [5.41, 5.74) is 0. The molecule has 2 rings (SSSR count). The van der Waals surface area contributed by atoms with Crippen molar-refractivity contribution in [2.24, 2.45) is 0 Å². The second kappa shape index (κ2) is 3.96. The molecule has 0 spiro atoms. The third kappa shape index (κ3) is 2.06. The number of rotatable bonds is 2. The fraction of sp³-hybridized carbons (Fsp3) is 0.900. The van der Waals surface area contributed by atoms with Crippen molar-refractivity contribution >= 4 is 5.97 Å². The van der Waals surface area contributed by atoms with Gasteiger partial charge in [0.15, 0.2) is 11.9 Å². The molecule has 4 atom stereocenters. The highest BCUT2D eigenvalue weighted by atomic mass is 16.8. The predicted octanol–water partition coefficient (Wildman–Crippen LogP) is -0.213. The summed E-state index contributed by atoms with van der Waals surface area (Å²) in [5, 5.41) is 9.13. The number of carbonyl (C=O) groups is 1. The first-order valence-electron chi connectivity index (χ1n) is 5.22. The molecule has 0 radical (unpaired) electrons. The number of esters is 1. The highest BCUT2D eigenvalue weighted by Crippen LogP contribution is 2.38. The van der Waals surface area contributed by atoms with Gasteiger partial charge in [-0.3, -0.25) is 4.79 Å². The minimum absolute atomic E-state index is 0.196. The summed E-state index contributed by atoms with van der Waals surface area (Å²) >= 11 is 0. The van der Waals surface area contributed by atoms with E-state index < -0.39 is 36.4 Å². The van der Waals surface area contributed by atoms with E-state index in [1.54, 1.807) is 13.8 Å². The monoisotopic (exact) mass is 232 g/mol. The van der Waals surface area contributed by atoms with E-state index in [1.807, 2.05) is 0 Å². The third-order valence-electron chi connectivity index (χ3n) is 2.57. The highest BCUT2D eigenvalue weighted by molar-refractivity contribution is 5.66. The number of aliphatic hydroxyl groups excluding tert-OH is 1. The minimum atomic E-state index is -0.804. The third-order valence-corrected chi connectivity index (χ3v) is 2.57. The zero-order valence-electron chi connectivity index (χ0n) is 9.50. The molecule has 0 amide bonds. The largest absolute Gasteiger partial charge is 0.433 e. The maximum atomic E-state index is 10.9. The van der Waals surface area contributed by atoms with E-state index in [1.165, 1.54) is 6.92 Å². The van der Waals surface area contributed by atoms with Crippen LogP contribution in [0.5, 0.6) is 0 Å². The van der Waals surface area contributed by atoms with Crippen LogP contribution in [0.2, 0.25) is 0 Å². The van der Waals surface area contributed by atoms with Gasteiger partial charge in [0.05, 0.1) is 6.61 Å². The molecule has 2 fully saturated rings. The second-order valence-electron chi connectivity index (χ2n) is 4.40. The van der Waals surface area contributed by atoms with E-state index in [0.29, 0.717) is 0 Å². The molecule has 0 bridgehead atoms. The molecule has 0 aromatic heterocycles. The molecule has 1 N–H and O–H groups in total. The Kier molecular flexibility index (Phi) is 2.91. The van der Waals surface area contributed by atoms with Gasteiger partial charge in [0.1, 0.15) is 12.2 Å². The molecule has 0 aromatic rings. The lowest BCUT2D eigenvalue weighted by atomic mass is 10.1. The number of carbonyl (C=O) groups excluding carboxylic acids is 1. The van der Waals surface area contributed by atoms with Crippen LogP contribution in [-0.2, 0) is 23.7 Å². The number of fused-ring (bicyclic) bond motifs is 1. The van der Waals surface area contributed by atoms with Crippen LogP contribution in [0.4, 0.5) is 0 Å². The molecule has 6 nitrogen and oxygen atoms in total. The van der Waals surface area contributed by atoms with Crippen molar-refractivity contribution in [2.75, 3.05) is 6.61 Å². The van der Waals surface area contributed by atoms with Crippen LogP contribution >= 0.6 is 0 Å². The van der Waals surface area contributed by atoms with Crippen LogP contribution in [0.1, 0.15) is 20.8 Å². The number of hydrogen-bond acceptors (Lipinski definition) is 6. The van der Waals surface area contributed by atoms with E-state index in [0.717, 1.165) is 0 Å². The van der Waals surface area contributed by atoms with Crippen molar-refractivity contribution in [3.8, 4) is 0 Å². The maximum Gasteiger partial charge on any atom is 0.305 e. The van der Waals surface area contributed by atoms with Crippen LogP contribution in [0.15, 0.2) is 0 Å². The molecule has 0 aliphatic carbocycles. The minimum Gasteiger partial charge on any atom is -0.433 e. The molecule has 6 heteroatoms.